The van der Waals surface area contributed by atoms with Crippen molar-refractivity contribution in [2.75, 3.05) is 6.54 Å². The summed E-state index contributed by atoms with van der Waals surface area (Å²) in [7, 11) is 0. The lowest BCUT2D eigenvalue weighted by Gasteiger charge is -2.07. The zero-order valence-corrected chi connectivity index (χ0v) is 11.1. The first-order valence-electron chi connectivity index (χ1n) is 5.54. The van der Waals surface area contributed by atoms with Crippen LogP contribution in [0, 0.1) is 5.82 Å². The fourth-order valence-electron chi connectivity index (χ4n) is 1.85. The zero-order valence-electron chi connectivity index (χ0n) is 9.59. The minimum Gasteiger partial charge on any atom is -0.330 e. The Bertz CT molecular complexity index is 549. The topological polar surface area (TPSA) is 26.0 Å². The third kappa shape index (κ3) is 3.22. The van der Waals surface area contributed by atoms with Crippen LogP contribution in [-0.4, -0.2) is 6.54 Å². The molecule has 2 aromatic rings. The number of hydrogen-bond acceptors (Lipinski definition) is 1. The molecule has 0 bridgehead atoms. The minimum absolute atomic E-state index is 0.285. The van der Waals surface area contributed by atoms with Gasteiger partial charge in [-0.2, -0.15) is 0 Å². The second-order valence-corrected chi connectivity index (χ2v) is 4.92. The number of benzene rings is 2. The van der Waals surface area contributed by atoms with Gasteiger partial charge < -0.3 is 5.73 Å². The highest BCUT2D eigenvalue weighted by atomic mass is 35.5. The molecule has 1 nitrogen and oxygen atoms in total. The Morgan fingerprint density at radius 2 is 1.50 bits per heavy atom. The van der Waals surface area contributed by atoms with Crippen molar-refractivity contribution >= 4 is 23.2 Å². The van der Waals surface area contributed by atoms with Gasteiger partial charge in [0.15, 0.2) is 0 Å². The summed E-state index contributed by atoms with van der Waals surface area (Å²) < 4.78 is 13.5. The van der Waals surface area contributed by atoms with Crippen molar-refractivity contribution in [1.82, 2.24) is 0 Å². The Morgan fingerprint density at radius 1 is 0.889 bits per heavy atom. The average molecular weight is 284 g/mol. The van der Waals surface area contributed by atoms with E-state index in [9.17, 15) is 4.39 Å². The smallest absolute Gasteiger partial charge is 0.124 e. The summed E-state index contributed by atoms with van der Waals surface area (Å²) in [5.41, 5.74) is 7.90. The van der Waals surface area contributed by atoms with E-state index < -0.39 is 0 Å². The van der Waals surface area contributed by atoms with Crippen LogP contribution >= 0.6 is 23.2 Å². The molecule has 0 aliphatic heterocycles. The Kier molecular flexibility index (Phi) is 4.23. The van der Waals surface area contributed by atoms with Crippen LogP contribution in [0.15, 0.2) is 36.4 Å². The molecule has 0 aromatic heterocycles. The number of rotatable bonds is 3. The molecule has 18 heavy (non-hydrogen) atoms. The minimum atomic E-state index is -0.285. The van der Waals surface area contributed by atoms with E-state index in [4.69, 9.17) is 28.9 Å². The predicted octanol–water partition coefficient (Wildman–Crippen LogP) is 4.30. The number of hydrogen-bond donors (Lipinski definition) is 1. The van der Waals surface area contributed by atoms with Crippen molar-refractivity contribution in [1.29, 1.82) is 0 Å². The van der Waals surface area contributed by atoms with Crippen molar-refractivity contribution in [2.45, 2.75) is 6.42 Å². The van der Waals surface area contributed by atoms with Gasteiger partial charge in [-0.05, 0) is 60.0 Å². The summed E-state index contributed by atoms with van der Waals surface area (Å²) in [5, 5.41) is 1.06. The Hall–Kier alpha value is -1.09. The maximum absolute atomic E-state index is 13.5. The SMILES string of the molecule is NCCc1cc(F)cc(-c2cc(Cl)cc(Cl)c2)c1. The molecule has 0 saturated carbocycles. The highest BCUT2D eigenvalue weighted by Gasteiger charge is 2.05. The van der Waals surface area contributed by atoms with Crippen LogP contribution in [0.5, 0.6) is 0 Å². The average Bonchev–Trinajstić information content (AvgIpc) is 2.27. The van der Waals surface area contributed by atoms with Gasteiger partial charge in [-0.1, -0.05) is 29.3 Å². The van der Waals surface area contributed by atoms with Crippen molar-refractivity contribution in [2.24, 2.45) is 5.73 Å². The van der Waals surface area contributed by atoms with E-state index in [1.54, 1.807) is 18.2 Å². The quantitative estimate of drug-likeness (QED) is 0.893. The second kappa shape index (κ2) is 5.70. The van der Waals surface area contributed by atoms with Crippen molar-refractivity contribution < 1.29 is 4.39 Å². The van der Waals surface area contributed by atoms with Gasteiger partial charge in [0, 0.05) is 10.0 Å². The summed E-state index contributed by atoms with van der Waals surface area (Å²) in [6.45, 7) is 0.485. The van der Waals surface area contributed by atoms with E-state index in [0.717, 1.165) is 16.7 Å². The second-order valence-electron chi connectivity index (χ2n) is 4.04. The van der Waals surface area contributed by atoms with Crippen LogP contribution in [0.3, 0.4) is 0 Å². The van der Waals surface area contributed by atoms with Gasteiger partial charge in [0.25, 0.3) is 0 Å². The highest BCUT2D eigenvalue weighted by Crippen LogP contribution is 2.28. The first-order chi connectivity index (χ1) is 8.58. The normalized spacial score (nSPS) is 10.7. The van der Waals surface area contributed by atoms with Crippen LogP contribution in [0.1, 0.15) is 5.56 Å². The monoisotopic (exact) mass is 283 g/mol. The summed E-state index contributed by atoms with van der Waals surface area (Å²) >= 11 is 11.9. The first-order valence-corrected chi connectivity index (χ1v) is 6.30. The molecule has 0 spiro atoms. The molecular formula is C14H12Cl2FN. The fraction of sp³-hybridized carbons (Fsp3) is 0.143. The molecule has 2 rings (SSSR count). The first kappa shape index (κ1) is 13.3. The molecule has 0 fully saturated rings. The van der Waals surface area contributed by atoms with Crippen molar-refractivity contribution in [3.8, 4) is 11.1 Å². The van der Waals surface area contributed by atoms with Crippen LogP contribution in [-0.2, 0) is 6.42 Å². The maximum atomic E-state index is 13.5. The third-order valence-electron chi connectivity index (χ3n) is 2.59. The Labute approximate surface area is 115 Å². The van der Waals surface area contributed by atoms with E-state index >= 15 is 0 Å². The van der Waals surface area contributed by atoms with E-state index in [1.807, 2.05) is 6.07 Å². The fourth-order valence-corrected chi connectivity index (χ4v) is 2.37. The maximum Gasteiger partial charge on any atom is 0.124 e. The molecular weight excluding hydrogens is 272 g/mol. The molecule has 0 atom stereocenters. The molecule has 0 amide bonds. The van der Waals surface area contributed by atoms with Gasteiger partial charge in [-0.3, -0.25) is 0 Å². The largest absolute Gasteiger partial charge is 0.330 e. The lowest BCUT2D eigenvalue weighted by atomic mass is 10.0. The summed E-state index contributed by atoms with van der Waals surface area (Å²) in [6.07, 6.45) is 0.638. The molecule has 0 heterocycles. The van der Waals surface area contributed by atoms with E-state index in [2.05, 4.69) is 0 Å². The van der Waals surface area contributed by atoms with Crippen molar-refractivity contribution in [3.05, 3.63) is 57.8 Å². The molecule has 0 radical (unpaired) electrons. The molecule has 4 heteroatoms. The molecule has 0 saturated heterocycles. The highest BCUT2D eigenvalue weighted by molar-refractivity contribution is 6.35. The third-order valence-corrected chi connectivity index (χ3v) is 3.02. The summed E-state index contributed by atoms with van der Waals surface area (Å²) in [6, 6.07) is 10.0. The van der Waals surface area contributed by atoms with Crippen molar-refractivity contribution in [3.63, 3.8) is 0 Å². The Morgan fingerprint density at radius 3 is 2.11 bits per heavy atom. The van der Waals surface area contributed by atoms with Crippen LogP contribution in [0.4, 0.5) is 4.39 Å². The van der Waals surface area contributed by atoms with E-state index in [1.165, 1.54) is 12.1 Å². The predicted molar refractivity (Wildman–Crippen MR) is 74.6 cm³/mol. The molecule has 0 aliphatic rings. The molecule has 2 aromatic carbocycles. The summed E-state index contributed by atoms with van der Waals surface area (Å²) in [5.74, 6) is -0.285. The van der Waals surface area contributed by atoms with Crippen LogP contribution < -0.4 is 5.73 Å². The van der Waals surface area contributed by atoms with Gasteiger partial charge >= 0.3 is 0 Å². The van der Waals surface area contributed by atoms with Crippen LogP contribution in [0.25, 0.3) is 11.1 Å². The number of nitrogens with two attached hydrogens (primary N) is 1. The van der Waals surface area contributed by atoms with Gasteiger partial charge in [0.1, 0.15) is 5.82 Å². The molecule has 0 unspecified atom stereocenters. The molecule has 0 aliphatic carbocycles. The lowest BCUT2D eigenvalue weighted by molar-refractivity contribution is 0.626. The van der Waals surface area contributed by atoms with Gasteiger partial charge in [0.05, 0.1) is 0 Å². The standard InChI is InChI=1S/C14H12Cl2FN/c15-12-5-11(6-13(16)8-12)10-3-9(1-2-18)4-14(17)7-10/h3-8H,1-2,18H2. The summed E-state index contributed by atoms with van der Waals surface area (Å²) in [4.78, 5) is 0. The number of halogens is 3. The zero-order chi connectivity index (χ0) is 13.1. The Balaban J connectivity index is 2.49. The van der Waals surface area contributed by atoms with E-state index in [0.29, 0.717) is 23.0 Å². The van der Waals surface area contributed by atoms with Gasteiger partial charge in [-0.15, -0.1) is 0 Å². The molecule has 2 N–H and O–H groups in total. The lowest BCUT2D eigenvalue weighted by Crippen LogP contribution is -2.03. The van der Waals surface area contributed by atoms with Crippen LogP contribution in [0.2, 0.25) is 10.0 Å². The van der Waals surface area contributed by atoms with Gasteiger partial charge in [-0.25, -0.2) is 4.39 Å². The molecule has 94 valence electrons. The van der Waals surface area contributed by atoms with E-state index in [-0.39, 0.29) is 5.82 Å². The van der Waals surface area contributed by atoms with Gasteiger partial charge in [0.2, 0.25) is 0 Å².